The molecule has 0 saturated heterocycles. The van der Waals surface area contributed by atoms with E-state index < -0.39 is 0 Å². The Balaban J connectivity index is 1.77. The minimum absolute atomic E-state index is 0.0946. The third-order valence-corrected chi connectivity index (χ3v) is 3.29. The van der Waals surface area contributed by atoms with Gasteiger partial charge in [0.2, 0.25) is 0 Å². The zero-order valence-corrected chi connectivity index (χ0v) is 10.9. The van der Waals surface area contributed by atoms with E-state index in [0.717, 1.165) is 11.3 Å². The van der Waals surface area contributed by atoms with E-state index >= 15 is 0 Å². The lowest BCUT2D eigenvalue weighted by Gasteiger charge is -2.08. The molecule has 100 valence electrons. The highest BCUT2D eigenvalue weighted by Crippen LogP contribution is 2.25. The Morgan fingerprint density at radius 3 is 2.35 bits per heavy atom. The number of phenolic OH excluding ortho intramolecular Hbond substituents is 2. The Bertz CT molecular complexity index is 753. The summed E-state index contributed by atoms with van der Waals surface area (Å²) in [5.41, 5.74) is 1.93. The molecule has 3 N–H and O–H groups in total. The van der Waals surface area contributed by atoms with Crippen LogP contribution < -0.4 is 5.32 Å². The van der Waals surface area contributed by atoms with Crippen LogP contribution >= 0.6 is 0 Å². The fourth-order valence-corrected chi connectivity index (χ4v) is 2.18. The summed E-state index contributed by atoms with van der Waals surface area (Å²) in [5.74, 6) is -0.192. The Kier molecular flexibility index (Phi) is 3.17. The summed E-state index contributed by atoms with van der Waals surface area (Å²) >= 11 is 0. The standard InChI is InChI=1S/C17H15NO2/c19-16-8-5-12(9-17(16)20)11-18-15-7-6-13-3-1-2-4-14(13)10-15/h1-10,18-20H,11H2. The van der Waals surface area contributed by atoms with Gasteiger partial charge in [0.15, 0.2) is 11.5 Å². The topological polar surface area (TPSA) is 52.5 Å². The van der Waals surface area contributed by atoms with Gasteiger partial charge in [-0.1, -0.05) is 36.4 Å². The van der Waals surface area contributed by atoms with E-state index in [2.05, 4.69) is 29.6 Å². The second-order valence-electron chi connectivity index (χ2n) is 4.74. The quantitative estimate of drug-likeness (QED) is 0.630. The van der Waals surface area contributed by atoms with E-state index in [1.165, 1.54) is 16.8 Å². The second-order valence-corrected chi connectivity index (χ2v) is 4.74. The van der Waals surface area contributed by atoms with Gasteiger partial charge in [0.05, 0.1) is 0 Å². The number of fused-ring (bicyclic) bond motifs is 1. The van der Waals surface area contributed by atoms with Crippen molar-refractivity contribution in [3.8, 4) is 11.5 Å². The summed E-state index contributed by atoms with van der Waals surface area (Å²) in [4.78, 5) is 0. The number of nitrogens with one attached hydrogen (secondary N) is 1. The second kappa shape index (κ2) is 5.13. The first-order valence-corrected chi connectivity index (χ1v) is 6.46. The Morgan fingerprint density at radius 1 is 0.750 bits per heavy atom. The maximum absolute atomic E-state index is 9.46. The van der Waals surface area contributed by atoms with Crippen LogP contribution in [-0.2, 0) is 6.54 Å². The molecule has 0 aliphatic carbocycles. The summed E-state index contributed by atoms with van der Waals surface area (Å²) in [6.07, 6.45) is 0. The summed E-state index contributed by atoms with van der Waals surface area (Å²) in [5, 5.41) is 24.4. The number of anilines is 1. The molecule has 3 aromatic carbocycles. The van der Waals surface area contributed by atoms with E-state index in [4.69, 9.17) is 0 Å². The molecule has 0 aliphatic rings. The molecule has 0 unspecified atom stereocenters. The van der Waals surface area contributed by atoms with Crippen LogP contribution in [0.2, 0.25) is 0 Å². The number of aromatic hydroxyl groups is 2. The third kappa shape index (κ3) is 2.52. The molecule has 0 aromatic heterocycles. The number of phenols is 2. The van der Waals surface area contributed by atoms with Crippen LogP contribution in [0.5, 0.6) is 11.5 Å². The average molecular weight is 265 g/mol. The Hall–Kier alpha value is -2.68. The first kappa shape index (κ1) is 12.4. The molecule has 3 heteroatoms. The lowest BCUT2D eigenvalue weighted by atomic mass is 10.1. The van der Waals surface area contributed by atoms with Gasteiger partial charge in [-0.2, -0.15) is 0 Å². The van der Waals surface area contributed by atoms with E-state index in [0.29, 0.717) is 6.54 Å². The van der Waals surface area contributed by atoms with Crippen molar-refractivity contribution in [2.24, 2.45) is 0 Å². The zero-order valence-electron chi connectivity index (χ0n) is 10.9. The first-order valence-electron chi connectivity index (χ1n) is 6.46. The van der Waals surface area contributed by atoms with Gasteiger partial charge in [-0.15, -0.1) is 0 Å². The normalized spacial score (nSPS) is 10.6. The summed E-state index contributed by atoms with van der Waals surface area (Å²) in [6.45, 7) is 0.589. The molecule has 0 amide bonds. The molecule has 0 spiro atoms. The Morgan fingerprint density at radius 2 is 1.55 bits per heavy atom. The SMILES string of the molecule is Oc1ccc(CNc2ccc3ccccc3c2)cc1O. The van der Waals surface area contributed by atoms with Crippen molar-refractivity contribution in [1.82, 2.24) is 0 Å². The van der Waals surface area contributed by atoms with Crippen LogP contribution in [0, 0.1) is 0 Å². The van der Waals surface area contributed by atoms with Gasteiger partial charge in [0.25, 0.3) is 0 Å². The van der Waals surface area contributed by atoms with E-state index in [1.54, 1.807) is 12.1 Å². The van der Waals surface area contributed by atoms with Gasteiger partial charge in [-0.3, -0.25) is 0 Å². The van der Waals surface area contributed by atoms with E-state index in [1.807, 2.05) is 18.2 Å². The van der Waals surface area contributed by atoms with Gasteiger partial charge in [0, 0.05) is 12.2 Å². The van der Waals surface area contributed by atoms with E-state index in [-0.39, 0.29) is 11.5 Å². The molecule has 0 heterocycles. The van der Waals surface area contributed by atoms with Crippen molar-refractivity contribution < 1.29 is 10.2 Å². The van der Waals surface area contributed by atoms with Crippen LogP contribution in [0.4, 0.5) is 5.69 Å². The third-order valence-electron chi connectivity index (χ3n) is 3.29. The number of rotatable bonds is 3. The summed E-state index contributed by atoms with van der Waals surface area (Å²) < 4.78 is 0. The largest absolute Gasteiger partial charge is 0.504 e. The molecule has 20 heavy (non-hydrogen) atoms. The summed E-state index contributed by atoms with van der Waals surface area (Å²) in [6, 6.07) is 19.2. The molecule has 0 atom stereocenters. The van der Waals surface area contributed by atoms with Gasteiger partial charge < -0.3 is 15.5 Å². The lowest BCUT2D eigenvalue weighted by molar-refractivity contribution is 0.403. The van der Waals surface area contributed by atoms with Crippen molar-refractivity contribution >= 4 is 16.5 Å². The summed E-state index contributed by atoms with van der Waals surface area (Å²) in [7, 11) is 0. The smallest absolute Gasteiger partial charge is 0.157 e. The van der Waals surface area contributed by atoms with Crippen LogP contribution in [0.25, 0.3) is 10.8 Å². The van der Waals surface area contributed by atoms with Gasteiger partial charge in [0.1, 0.15) is 0 Å². The predicted molar refractivity (Wildman–Crippen MR) is 81.0 cm³/mol. The molecular weight excluding hydrogens is 250 g/mol. The zero-order chi connectivity index (χ0) is 13.9. The van der Waals surface area contributed by atoms with Gasteiger partial charge in [-0.25, -0.2) is 0 Å². The first-order chi connectivity index (χ1) is 9.72. The van der Waals surface area contributed by atoms with Gasteiger partial charge >= 0.3 is 0 Å². The highest BCUT2D eigenvalue weighted by molar-refractivity contribution is 5.85. The van der Waals surface area contributed by atoms with Crippen molar-refractivity contribution in [2.45, 2.75) is 6.54 Å². The Labute approximate surface area is 117 Å². The number of benzene rings is 3. The van der Waals surface area contributed by atoms with Gasteiger partial charge in [-0.05, 0) is 40.6 Å². The van der Waals surface area contributed by atoms with Crippen molar-refractivity contribution in [3.63, 3.8) is 0 Å². The molecular formula is C17H15NO2. The van der Waals surface area contributed by atoms with Crippen molar-refractivity contribution in [3.05, 3.63) is 66.2 Å². The maximum atomic E-state index is 9.46. The highest BCUT2D eigenvalue weighted by atomic mass is 16.3. The molecule has 0 saturated carbocycles. The maximum Gasteiger partial charge on any atom is 0.157 e. The van der Waals surface area contributed by atoms with Crippen molar-refractivity contribution in [2.75, 3.05) is 5.32 Å². The molecule has 0 bridgehead atoms. The van der Waals surface area contributed by atoms with Crippen LogP contribution in [0.15, 0.2) is 60.7 Å². The van der Waals surface area contributed by atoms with Crippen molar-refractivity contribution in [1.29, 1.82) is 0 Å². The molecule has 3 aromatic rings. The van der Waals surface area contributed by atoms with Crippen LogP contribution in [-0.4, -0.2) is 10.2 Å². The van der Waals surface area contributed by atoms with Crippen LogP contribution in [0.3, 0.4) is 0 Å². The fraction of sp³-hybridized carbons (Fsp3) is 0.0588. The predicted octanol–water partition coefficient (Wildman–Crippen LogP) is 3.86. The minimum Gasteiger partial charge on any atom is -0.504 e. The minimum atomic E-state index is -0.0977. The number of hydrogen-bond donors (Lipinski definition) is 3. The average Bonchev–Trinajstić information content (AvgIpc) is 2.48. The number of hydrogen-bond acceptors (Lipinski definition) is 3. The molecule has 3 rings (SSSR count). The molecule has 0 radical (unpaired) electrons. The highest BCUT2D eigenvalue weighted by Gasteiger charge is 2.01. The lowest BCUT2D eigenvalue weighted by Crippen LogP contribution is -1.98. The van der Waals surface area contributed by atoms with E-state index in [9.17, 15) is 10.2 Å². The van der Waals surface area contributed by atoms with Crippen LogP contribution in [0.1, 0.15) is 5.56 Å². The molecule has 0 fully saturated rings. The molecule has 3 nitrogen and oxygen atoms in total. The monoisotopic (exact) mass is 265 g/mol. The molecule has 0 aliphatic heterocycles. The fourth-order valence-electron chi connectivity index (χ4n) is 2.18.